The molecular weight excluding hydrogens is 351 g/mol. The smallest absolute Gasteiger partial charge is 0.394 e. The summed E-state index contributed by atoms with van der Waals surface area (Å²) in [5.74, 6) is -5.19. The Kier molecular flexibility index (Phi) is 3.71. The summed E-state index contributed by atoms with van der Waals surface area (Å²) < 4.78 is 45.1. The predicted octanol–water partition coefficient (Wildman–Crippen LogP) is 2.45. The van der Waals surface area contributed by atoms with Crippen LogP contribution in [-0.2, 0) is 15.0 Å². The van der Waals surface area contributed by atoms with Crippen LogP contribution in [0.1, 0.15) is 18.4 Å². The molecule has 8 heteroatoms. The Morgan fingerprint density at radius 1 is 1.23 bits per heavy atom. The first-order valence-electron chi connectivity index (χ1n) is 8.54. The number of carboxylic acid groups (broad SMARTS) is 1. The highest BCUT2D eigenvalue weighted by molar-refractivity contribution is 5.86. The molecule has 1 aromatic rings. The Hall–Kier alpha value is -2.25. The molecule has 1 spiro atoms. The summed E-state index contributed by atoms with van der Waals surface area (Å²) in [6.07, 6.45) is -3.43. The molecule has 2 aliphatic heterocycles. The molecule has 3 aliphatic rings. The van der Waals surface area contributed by atoms with E-state index < -0.39 is 36.4 Å². The number of para-hydroxylation sites is 1. The van der Waals surface area contributed by atoms with Gasteiger partial charge in [0.25, 0.3) is 0 Å². The van der Waals surface area contributed by atoms with E-state index in [9.17, 15) is 22.8 Å². The largest absolute Gasteiger partial charge is 0.493 e. The number of carbonyl (C=O) groups excluding carboxylic acids is 1. The van der Waals surface area contributed by atoms with Gasteiger partial charge in [-0.05, 0) is 18.9 Å². The van der Waals surface area contributed by atoms with Gasteiger partial charge in [-0.25, -0.2) is 0 Å². The van der Waals surface area contributed by atoms with E-state index >= 15 is 0 Å². The van der Waals surface area contributed by atoms with E-state index in [1.807, 2.05) is 24.3 Å². The van der Waals surface area contributed by atoms with Crippen molar-refractivity contribution in [2.24, 2.45) is 17.8 Å². The van der Waals surface area contributed by atoms with E-state index in [4.69, 9.17) is 9.84 Å². The van der Waals surface area contributed by atoms with Gasteiger partial charge in [-0.3, -0.25) is 9.59 Å². The molecule has 1 aromatic carbocycles. The lowest BCUT2D eigenvalue weighted by molar-refractivity contribution is -0.188. The number of hydrogen-bond donors (Lipinski definition) is 1. The monoisotopic (exact) mass is 369 g/mol. The third kappa shape index (κ3) is 2.54. The molecule has 5 nitrogen and oxygen atoms in total. The van der Waals surface area contributed by atoms with Crippen LogP contribution in [0.15, 0.2) is 24.3 Å². The van der Waals surface area contributed by atoms with Gasteiger partial charge in [0.05, 0.1) is 18.4 Å². The lowest BCUT2D eigenvalue weighted by atomic mass is 9.87. The summed E-state index contributed by atoms with van der Waals surface area (Å²) in [4.78, 5) is 25.2. The molecule has 0 aromatic heterocycles. The average molecular weight is 369 g/mol. The van der Waals surface area contributed by atoms with Gasteiger partial charge >= 0.3 is 12.1 Å². The summed E-state index contributed by atoms with van der Waals surface area (Å²) >= 11 is 0. The maximum absolute atomic E-state index is 13.2. The van der Waals surface area contributed by atoms with E-state index in [2.05, 4.69) is 0 Å². The van der Waals surface area contributed by atoms with Gasteiger partial charge in [0.15, 0.2) is 0 Å². The van der Waals surface area contributed by atoms with Crippen molar-refractivity contribution in [2.75, 3.05) is 19.7 Å². The number of fused-ring (bicyclic) bond motifs is 2. The second-order valence-corrected chi connectivity index (χ2v) is 7.34. The van der Waals surface area contributed by atoms with Crippen molar-refractivity contribution in [2.45, 2.75) is 24.4 Å². The lowest BCUT2D eigenvalue weighted by Gasteiger charge is -2.27. The first kappa shape index (κ1) is 17.2. The zero-order valence-corrected chi connectivity index (χ0v) is 13.8. The summed E-state index contributed by atoms with van der Waals surface area (Å²) in [5.41, 5.74) is 0.534. The Balaban J connectivity index is 1.55. The summed E-state index contributed by atoms with van der Waals surface area (Å²) in [7, 11) is 0. The number of carbonyl (C=O) groups is 2. The van der Waals surface area contributed by atoms with Crippen LogP contribution in [0.25, 0.3) is 0 Å². The summed E-state index contributed by atoms with van der Waals surface area (Å²) in [6.45, 7) is -0.503. The van der Waals surface area contributed by atoms with E-state index in [1.165, 1.54) is 0 Å². The van der Waals surface area contributed by atoms with E-state index in [-0.39, 0.29) is 17.9 Å². The maximum Gasteiger partial charge on any atom is 0.394 e. The third-order valence-corrected chi connectivity index (χ3v) is 5.97. The standard InChI is InChI=1S/C18H18F3NO4/c19-18(20,21)13-9-22(8-10(13)16(24)25)15(23)12-7-17(12)5-6-26-14-4-2-1-3-11(14)17/h1-4,10,12-13H,5-9H2,(H,24,25)/t10-,12?,13-,17?/m1/s1. The summed E-state index contributed by atoms with van der Waals surface area (Å²) in [5, 5.41) is 9.12. The normalized spacial score (nSPS) is 32.9. The van der Waals surface area contributed by atoms with Crippen LogP contribution in [0.3, 0.4) is 0 Å². The number of amides is 1. The first-order chi connectivity index (χ1) is 12.2. The van der Waals surface area contributed by atoms with Gasteiger partial charge in [0.2, 0.25) is 5.91 Å². The number of alkyl halides is 3. The van der Waals surface area contributed by atoms with Crippen molar-refractivity contribution in [3.8, 4) is 5.75 Å². The Labute approximate surface area is 147 Å². The fraction of sp³-hybridized carbons (Fsp3) is 0.556. The number of likely N-dealkylation sites (tertiary alicyclic amines) is 1. The molecular formula is C18H18F3NO4. The minimum absolute atomic E-state index is 0.375. The Morgan fingerprint density at radius 2 is 1.96 bits per heavy atom. The highest BCUT2D eigenvalue weighted by Gasteiger charge is 2.63. The molecule has 0 bridgehead atoms. The van der Waals surface area contributed by atoms with Crippen molar-refractivity contribution in [1.29, 1.82) is 0 Å². The molecule has 140 valence electrons. The molecule has 4 atom stereocenters. The second-order valence-electron chi connectivity index (χ2n) is 7.34. The zero-order valence-electron chi connectivity index (χ0n) is 13.8. The van der Waals surface area contributed by atoms with Gasteiger partial charge in [0, 0.05) is 30.0 Å². The molecule has 1 saturated heterocycles. The fourth-order valence-electron chi connectivity index (χ4n) is 4.47. The topological polar surface area (TPSA) is 66.8 Å². The highest BCUT2D eigenvalue weighted by Crippen LogP contribution is 2.61. The minimum atomic E-state index is -4.63. The fourth-order valence-corrected chi connectivity index (χ4v) is 4.47. The van der Waals surface area contributed by atoms with Crippen molar-refractivity contribution in [3.05, 3.63) is 29.8 Å². The number of hydrogen-bond acceptors (Lipinski definition) is 3. The Bertz CT molecular complexity index is 765. The third-order valence-electron chi connectivity index (χ3n) is 5.97. The van der Waals surface area contributed by atoms with Gasteiger partial charge in [-0.15, -0.1) is 0 Å². The second kappa shape index (κ2) is 5.62. The maximum atomic E-state index is 13.2. The van der Waals surface area contributed by atoms with Crippen molar-refractivity contribution in [1.82, 2.24) is 4.90 Å². The summed E-state index contributed by atoms with van der Waals surface area (Å²) in [6, 6.07) is 7.41. The number of rotatable bonds is 2. The number of benzene rings is 1. The van der Waals surface area contributed by atoms with Gasteiger partial charge in [0.1, 0.15) is 5.75 Å². The van der Waals surface area contributed by atoms with Crippen LogP contribution in [0.4, 0.5) is 13.2 Å². The molecule has 26 heavy (non-hydrogen) atoms. The molecule has 2 heterocycles. The SMILES string of the molecule is O=C(O)[C@@H]1CN(C(=O)C2CC23CCOc2ccccc23)C[C@H]1C(F)(F)F. The van der Waals surface area contributed by atoms with Crippen molar-refractivity contribution < 1.29 is 32.6 Å². The van der Waals surface area contributed by atoms with Crippen LogP contribution < -0.4 is 4.74 Å². The van der Waals surface area contributed by atoms with E-state index in [1.54, 1.807) is 0 Å². The van der Waals surface area contributed by atoms with Crippen molar-refractivity contribution >= 4 is 11.9 Å². The molecule has 1 N–H and O–H groups in total. The quantitative estimate of drug-likeness (QED) is 0.870. The van der Waals surface area contributed by atoms with Crippen LogP contribution in [0.5, 0.6) is 5.75 Å². The number of ether oxygens (including phenoxy) is 1. The number of carboxylic acids is 1. The average Bonchev–Trinajstić information content (AvgIpc) is 3.09. The minimum Gasteiger partial charge on any atom is -0.493 e. The molecule has 2 fully saturated rings. The number of aliphatic carboxylic acids is 1. The molecule has 4 rings (SSSR count). The van der Waals surface area contributed by atoms with Crippen LogP contribution in [-0.4, -0.2) is 47.8 Å². The number of nitrogens with zero attached hydrogens (tertiary/aromatic N) is 1. The molecule has 1 amide bonds. The number of halogens is 3. The molecule has 2 unspecified atom stereocenters. The first-order valence-corrected chi connectivity index (χ1v) is 8.54. The van der Waals surface area contributed by atoms with Gasteiger partial charge < -0.3 is 14.7 Å². The van der Waals surface area contributed by atoms with Gasteiger partial charge in [-0.1, -0.05) is 18.2 Å². The van der Waals surface area contributed by atoms with Gasteiger partial charge in [-0.2, -0.15) is 13.2 Å². The zero-order chi connectivity index (χ0) is 18.7. The van der Waals surface area contributed by atoms with E-state index in [0.29, 0.717) is 25.2 Å². The Morgan fingerprint density at radius 3 is 2.62 bits per heavy atom. The molecule has 1 aliphatic carbocycles. The van der Waals surface area contributed by atoms with Crippen molar-refractivity contribution in [3.63, 3.8) is 0 Å². The predicted molar refractivity (Wildman–Crippen MR) is 83.6 cm³/mol. The molecule has 1 saturated carbocycles. The van der Waals surface area contributed by atoms with Crippen LogP contribution in [0, 0.1) is 17.8 Å². The highest BCUT2D eigenvalue weighted by atomic mass is 19.4. The van der Waals surface area contributed by atoms with Crippen LogP contribution >= 0.6 is 0 Å². The van der Waals surface area contributed by atoms with Crippen LogP contribution in [0.2, 0.25) is 0 Å². The lowest BCUT2D eigenvalue weighted by Crippen LogP contribution is -2.35. The molecule has 0 radical (unpaired) electrons. The van der Waals surface area contributed by atoms with E-state index in [0.717, 1.165) is 10.5 Å².